The molecule has 116 valence electrons. The lowest BCUT2D eigenvalue weighted by atomic mass is 10.1. The molecular weight excluding hydrogens is 305 g/mol. The van der Waals surface area contributed by atoms with Crippen LogP contribution in [-0.4, -0.2) is 10.1 Å². The van der Waals surface area contributed by atoms with Gasteiger partial charge in [0.1, 0.15) is 0 Å². The first-order valence-corrected chi connectivity index (χ1v) is 6.77. The molecule has 0 aliphatic rings. The molecule has 6 heteroatoms. The first-order chi connectivity index (χ1) is 11.0. The van der Waals surface area contributed by atoms with Gasteiger partial charge in [-0.15, -0.1) is 0 Å². The van der Waals surface area contributed by atoms with E-state index in [9.17, 15) is 13.2 Å². The predicted octanol–water partition coefficient (Wildman–Crippen LogP) is 4.93. The van der Waals surface area contributed by atoms with E-state index in [1.54, 1.807) is 12.2 Å². The summed E-state index contributed by atoms with van der Waals surface area (Å²) in [4.78, 5) is 4.09. The highest BCUT2D eigenvalue weighted by molar-refractivity contribution is 5.67. The third kappa shape index (κ3) is 3.66. The average Bonchev–Trinajstić information content (AvgIpc) is 3.02. The largest absolute Gasteiger partial charge is 0.416 e. The number of hydrogen-bond donors (Lipinski definition) is 0. The van der Waals surface area contributed by atoms with Crippen molar-refractivity contribution in [3.8, 4) is 11.4 Å². The number of benzene rings is 2. The Bertz CT molecular complexity index is 823. The number of aromatic nitrogens is 2. The molecule has 0 atom stereocenters. The van der Waals surface area contributed by atoms with Gasteiger partial charge in [0.2, 0.25) is 5.82 Å². The molecule has 0 spiro atoms. The molecule has 0 aliphatic carbocycles. The highest BCUT2D eigenvalue weighted by Gasteiger charge is 2.30. The summed E-state index contributed by atoms with van der Waals surface area (Å²) in [6.45, 7) is 0. The van der Waals surface area contributed by atoms with Crippen molar-refractivity contribution in [2.45, 2.75) is 6.18 Å². The summed E-state index contributed by atoms with van der Waals surface area (Å²) in [5, 5.41) is 3.72. The van der Waals surface area contributed by atoms with Gasteiger partial charge in [0.05, 0.1) is 5.56 Å². The second-order valence-electron chi connectivity index (χ2n) is 4.78. The second-order valence-corrected chi connectivity index (χ2v) is 4.78. The summed E-state index contributed by atoms with van der Waals surface area (Å²) in [6, 6.07) is 14.3. The van der Waals surface area contributed by atoms with E-state index in [0.29, 0.717) is 0 Å². The molecule has 0 radical (unpaired) electrons. The van der Waals surface area contributed by atoms with Gasteiger partial charge in [0, 0.05) is 11.6 Å². The van der Waals surface area contributed by atoms with E-state index in [1.807, 2.05) is 30.3 Å². The van der Waals surface area contributed by atoms with E-state index in [4.69, 9.17) is 4.52 Å². The van der Waals surface area contributed by atoms with E-state index in [2.05, 4.69) is 10.1 Å². The summed E-state index contributed by atoms with van der Waals surface area (Å²) >= 11 is 0. The van der Waals surface area contributed by atoms with Crippen molar-refractivity contribution in [3.63, 3.8) is 0 Å². The van der Waals surface area contributed by atoms with Gasteiger partial charge in [-0.1, -0.05) is 47.6 Å². The minimum absolute atomic E-state index is 0.115. The predicted molar refractivity (Wildman–Crippen MR) is 80.1 cm³/mol. The molecule has 0 unspecified atom stereocenters. The van der Waals surface area contributed by atoms with Crippen LogP contribution in [0.5, 0.6) is 0 Å². The summed E-state index contributed by atoms with van der Waals surface area (Å²) in [5.41, 5.74) is 0.454. The normalized spacial score (nSPS) is 12.0. The molecule has 23 heavy (non-hydrogen) atoms. The highest BCUT2D eigenvalue weighted by Crippen LogP contribution is 2.31. The van der Waals surface area contributed by atoms with Crippen LogP contribution in [0, 0.1) is 0 Å². The minimum atomic E-state index is -4.41. The van der Waals surface area contributed by atoms with E-state index < -0.39 is 11.7 Å². The molecule has 3 rings (SSSR count). The third-order valence-electron chi connectivity index (χ3n) is 3.11. The smallest absolute Gasteiger partial charge is 0.334 e. The van der Waals surface area contributed by atoms with Crippen LogP contribution in [0.25, 0.3) is 23.5 Å². The zero-order valence-corrected chi connectivity index (χ0v) is 11.8. The number of hydrogen-bond acceptors (Lipinski definition) is 3. The summed E-state index contributed by atoms with van der Waals surface area (Å²) in [5.74, 6) is 0.338. The van der Waals surface area contributed by atoms with Gasteiger partial charge in [-0.05, 0) is 23.8 Å². The fourth-order valence-electron chi connectivity index (χ4n) is 1.99. The molecule has 3 aromatic rings. The maximum Gasteiger partial charge on any atom is 0.416 e. The molecule has 0 bridgehead atoms. The molecule has 1 heterocycles. The first-order valence-electron chi connectivity index (χ1n) is 6.77. The number of nitrogens with zero attached hydrogens (tertiary/aromatic N) is 2. The topological polar surface area (TPSA) is 38.9 Å². The maximum atomic E-state index is 12.7. The Labute approximate surface area is 130 Å². The van der Waals surface area contributed by atoms with E-state index in [-0.39, 0.29) is 17.3 Å². The van der Waals surface area contributed by atoms with E-state index in [1.165, 1.54) is 12.1 Å². The standard InChI is InChI=1S/C17H11F3N2O/c18-17(19,20)14-8-4-7-13(11-14)16-21-15(23-22-16)10-9-12-5-2-1-3-6-12/h1-11H. The van der Waals surface area contributed by atoms with Gasteiger partial charge in [-0.3, -0.25) is 0 Å². The summed E-state index contributed by atoms with van der Waals surface area (Å²) in [7, 11) is 0. The highest BCUT2D eigenvalue weighted by atomic mass is 19.4. The lowest BCUT2D eigenvalue weighted by Gasteiger charge is -2.06. The number of halogens is 3. The van der Waals surface area contributed by atoms with Crippen LogP contribution in [0.3, 0.4) is 0 Å². The van der Waals surface area contributed by atoms with E-state index in [0.717, 1.165) is 17.7 Å². The summed E-state index contributed by atoms with van der Waals surface area (Å²) in [6.07, 6.45) is -1.02. The fourth-order valence-corrected chi connectivity index (χ4v) is 1.99. The zero-order chi connectivity index (χ0) is 16.3. The monoisotopic (exact) mass is 316 g/mol. The second kappa shape index (κ2) is 6.08. The van der Waals surface area contributed by atoms with Gasteiger partial charge in [-0.2, -0.15) is 18.2 Å². The lowest BCUT2D eigenvalue weighted by molar-refractivity contribution is -0.137. The van der Waals surface area contributed by atoms with Crippen LogP contribution < -0.4 is 0 Å². The van der Waals surface area contributed by atoms with Crippen molar-refractivity contribution in [1.82, 2.24) is 10.1 Å². The van der Waals surface area contributed by atoms with Crippen molar-refractivity contribution < 1.29 is 17.7 Å². The Balaban J connectivity index is 1.84. The van der Waals surface area contributed by atoms with Crippen LogP contribution in [0.2, 0.25) is 0 Å². The number of rotatable bonds is 3. The molecule has 0 saturated carbocycles. The van der Waals surface area contributed by atoms with E-state index >= 15 is 0 Å². The van der Waals surface area contributed by atoms with Gasteiger partial charge in [-0.25, -0.2) is 0 Å². The Hall–Kier alpha value is -2.89. The Kier molecular flexibility index (Phi) is 3.97. The van der Waals surface area contributed by atoms with Crippen molar-refractivity contribution in [2.75, 3.05) is 0 Å². The van der Waals surface area contributed by atoms with Crippen molar-refractivity contribution in [3.05, 3.63) is 71.6 Å². The quantitative estimate of drug-likeness (QED) is 0.688. The van der Waals surface area contributed by atoms with Crippen LogP contribution in [-0.2, 0) is 6.18 Å². The molecule has 0 N–H and O–H groups in total. The molecule has 0 aliphatic heterocycles. The van der Waals surface area contributed by atoms with Crippen LogP contribution in [0.4, 0.5) is 13.2 Å². The van der Waals surface area contributed by atoms with Gasteiger partial charge in [0.15, 0.2) is 0 Å². The Morgan fingerprint density at radius 2 is 1.70 bits per heavy atom. The molecule has 1 aromatic heterocycles. The van der Waals surface area contributed by atoms with Crippen LogP contribution in [0.1, 0.15) is 17.0 Å². The third-order valence-corrected chi connectivity index (χ3v) is 3.11. The average molecular weight is 316 g/mol. The zero-order valence-electron chi connectivity index (χ0n) is 11.8. The Morgan fingerprint density at radius 3 is 2.43 bits per heavy atom. The van der Waals surface area contributed by atoms with Gasteiger partial charge >= 0.3 is 6.18 Å². The molecule has 0 saturated heterocycles. The van der Waals surface area contributed by atoms with Crippen molar-refractivity contribution in [1.29, 1.82) is 0 Å². The molecule has 0 fully saturated rings. The van der Waals surface area contributed by atoms with Crippen LogP contribution >= 0.6 is 0 Å². The molecule has 0 amide bonds. The van der Waals surface area contributed by atoms with Gasteiger partial charge < -0.3 is 4.52 Å². The van der Waals surface area contributed by atoms with Crippen LogP contribution in [0.15, 0.2) is 59.1 Å². The number of alkyl halides is 3. The van der Waals surface area contributed by atoms with Gasteiger partial charge in [0.25, 0.3) is 5.89 Å². The fraction of sp³-hybridized carbons (Fsp3) is 0.0588. The Morgan fingerprint density at radius 1 is 0.913 bits per heavy atom. The van der Waals surface area contributed by atoms with Crippen molar-refractivity contribution >= 4 is 12.2 Å². The molecule has 2 aromatic carbocycles. The minimum Gasteiger partial charge on any atom is -0.334 e. The molecule has 3 nitrogen and oxygen atoms in total. The SMILES string of the molecule is FC(F)(F)c1cccc(-c2noc(C=Cc3ccccc3)n2)c1. The molecular formula is C17H11F3N2O. The maximum absolute atomic E-state index is 12.7. The first kappa shape index (κ1) is 15.0. The summed E-state index contributed by atoms with van der Waals surface area (Å²) < 4.78 is 43.2. The lowest BCUT2D eigenvalue weighted by Crippen LogP contribution is -2.04. The van der Waals surface area contributed by atoms with Crippen molar-refractivity contribution in [2.24, 2.45) is 0 Å².